The molecule has 0 bridgehead atoms. The Bertz CT molecular complexity index is 1500. The van der Waals surface area contributed by atoms with Gasteiger partial charge in [-0.3, -0.25) is 14.4 Å². The van der Waals surface area contributed by atoms with Gasteiger partial charge >= 0.3 is 17.9 Å². The van der Waals surface area contributed by atoms with Crippen molar-refractivity contribution < 1.29 is 28.6 Å². The molecule has 0 fully saturated rings. The summed E-state index contributed by atoms with van der Waals surface area (Å²) in [5.74, 6) is -0.885. The Morgan fingerprint density at radius 1 is 0.244 bits per heavy atom. The maximum absolute atomic E-state index is 13.0. The molecule has 6 nitrogen and oxygen atoms in total. The fraction of sp³-hybridized carbons (Fsp3) is 0.803. The molecule has 0 spiro atoms. The van der Waals surface area contributed by atoms with Crippen LogP contribution in [0.5, 0.6) is 0 Å². The minimum Gasteiger partial charge on any atom is -0.462 e. The number of allylic oxidation sites excluding steroid dienone is 12. The van der Waals surface area contributed by atoms with Crippen LogP contribution in [0.15, 0.2) is 72.9 Å². The van der Waals surface area contributed by atoms with Crippen molar-refractivity contribution in [2.75, 3.05) is 13.2 Å². The van der Waals surface area contributed by atoms with E-state index in [2.05, 4.69) is 93.7 Å². The molecule has 1 atom stereocenters. The lowest BCUT2D eigenvalue weighted by Gasteiger charge is -2.18. The molecule has 0 aliphatic heterocycles. The Hall–Kier alpha value is -3.15. The number of unbranched alkanes of at least 4 members (excludes halogenated alkanes) is 43. The van der Waals surface area contributed by atoms with Gasteiger partial charge in [0.25, 0.3) is 0 Å². The molecule has 0 aromatic heterocycles. The van der Waals surface area contributed by atoms with Gasteiger partial charge in [0.15, 0.2) is 6.10 Å². The number of esters is 3. The van der Waals surface area contributed by atoms with Gasteiger partial charge in [0.1, 0.15) is 13.2 Å². The predicted octanol–water partition coefficient (Wildman–Crippen LogP) is 24.8. The van der Waals surface area contributed by atoms with E-state index in [1.54, 1.807) is 0 Å². The van der Waals surface area contributed by atoms with Crippen LogP contribution in [-0.2, 0) is 28.6 Å². The van der Waals surface area contributed by atoms with Gasteiger partial charge in [0.2, 0.25) is 0 Å². The molecular weight excluding hydrogens is 1010 g/mol. The van der Waals surface area contributed by atoms with E-state index in [-0.39, 0.29) is 31.1 Å². The van der Waals surface area contributed by atoms with Crippen molar-refractivity contribution in [3.63, 3.8) is 0 Å². The number of rotatable bonds is 66. The predicted molar refractivity (Wildman–Crippen MR) is 358 cm³/mol. The standard InChI is InChI=1S/C76H136O6/c1-4-7-10-13-16-19-22-25-28-31-34-36-37-38-40-42-45-48-51-54-57-60-63-66-69-75(78)81-72-73(71-80-74(77)68-65-62-59-56-53-50-47-44-41-33-30-27-24-21-18-15-12-9-6-3)82-76(79)70-67-64-61-58-55-52-49-46-43-39-35-32-29-26-23-20-17-14-11-8-5-2/h18,21,23,26-27,30,32,35,41,43-44,46,73H,4-17,19-20,22,24-25,28-29,31,33-34,36-40,42,45,47-72H2,1-3H3/b21-18-,26-23-,30-27-,35-32-,44-41-,46-43-. The maximum Gasteiger partial charge on any atom is 0.306 e. The van der Waals surface area contributed by atoms with Gasteiger partial charge in [-0.1, -0.05) is 331 Å². The normalized spacial score (nSPS) is 12.5. The van der Waals surface area contributed by atoms with Crippen molar-refractivity contribution in [3.05, 3.63) is 72.9 Å². The zero-order valence-corrected chi connectivity index (χ0v) is 54.8. The first kappa shape index (κ1) is 78.8. The molecule has 476 valence electrons. The number of hydrogen-bond acceptors (Lipinski definition) is 6. The molecule has 0 saturated heterocycles. The summed E-state index contributed by atoms with van der Waals surface area (Å²) >= 11 is 0. The summed E-state index contributed by atoms with van der Waals surface area (Å²) in [6.45, 7) is 6.64. The van der Waals surface area contributed by atoms with Crippen molar-refractivity contribution in [1.29, 1.82) is 0 Å². The van der Waals surface area contributed by atoms with Gasteiger partial charge < -0.3 is 14.2 Å². The first-order chi connectivity index (χ1) is 40.5. The van der Waals surface area contributed by atoms with E-state index >= 15 is 0 Å². The highest BCUT2D eigenvalue weighted by Gasteiger charge is 2.19. The van der Waals surface area contributed by atoms with Crippen molar-refractivity contribution in [1.82, 2.24) is 0 Å². The van der Waals surface area contributed by atoms with Gasteiger partial charge in [0, 0.05) is 19.3 Å². The van der Waals surface area contributed by atoms with Crippen LogP contribution in [0.1, 0.15) is 374 Å². The lowest BCUT2D eigenvalue weighted by Crippen LogP contribution is -2.30. The fourth-order valence-electron chi connectivity index (χ4n) is 10.5. The van der Waals surface area contributed by atoms with Crippen LogP contribution >= 0.6 is 0 Å². The van der Waals surface area contributed by atoms with E-state index in [1.807, 2.05) is 0 Å². The quantitative estimate of drug-likeness (QED) is 0.0261. The lowest BCUT2D eigenvalue weighted by atomic mass is 10.0. The van der Waals surface area contributed by atoms with Gasteiger partial charge in [0.05, 0.1) is 0 Å². The summed E-state index contributed by atoms with van der Waals surface area (Å²) in [6.07, 6.45) is 92.1. The average Bonchev–Trinajstić information content (AvgIpc) is 3.47. The first-order valence-electron chi connectivity index (χ1n) is 35.9. The smallest absolute Gasteiger partial charge is 0.306 e. The number of ether oxygens (including phenoxy) is 3. The van der Waals surface area contributed by atoms with Crippen molar-refractivity contribution >= 4 is 17.9 Å². The lowest BCUT2D eigenvalue weighted by molar-refractivity contribution is -0.167. The zero-order valence-electron chi connectivity index (χ0n) is 54.8. The SMILES string of the molecule is CCCCC/C=C\C/C=C\C/C=C\CCCCCCCCC(=O)OCC(COC(=O)CCCCCCCCCCCCCCCCCCCCCCCCCC)OC(=O)CCCCCCCC/C=C\C/C=C\C/C=C\CCCCCCC. The van der Waals surface area contributed by atoms with Gasteiger partial charge in [-0.05, 0) is 96.3 Å². The van der Waals surface area contributed by atoms with E-state index in [9.17, 15) is 14.4 Å². The monoisotopic (exact) mass is 1150 g/mol. The van der Waals surface area contributed by atoms with Gasteiger partial charge in [-0.2, -0.15) is 0 Å². The van der Waals surface area contributed by atoms with Gasteiger partial charge in [-0.15, -0.1) is 0 Å². The molecule has 0 aromatic carbocycles. The molecule has 0 saturated carbocycles. The van der Waals surface area contributed by atoms with Gasteiger partial charge in [-0.25, -0.2) is 0 Å². The Morgan fingerprint density at radius 2 is 0.439 bits per heavy atom. The van der Waals surface area contributed by atoms with E-state index in [0.717, 1.165) is 103 Å². The Labute approximate surface area is 510 Å². The van der Waals surface area contributed by atoms with Crippen molar-refractivity contribution in [2.24, 2.45) is 0 Å². The van der Waals surface area contributed by atoms with Crippen molar-refractivity contribution in [3.8, 4) is 0 Å². The largest absolute Gasteiger partial charge is 0.462 e. The molecule has 0 radical (unpaired) electrons. The summed E-state index contributed by atoms with van der Waals surface area (Å²) in [4.78, 5) is 38.5. The summed E-state index contributed by atoms with van der Waals surface area (Å²) in [5, 5.41) is 0. The Kier molecular flexibility index (Phi) is 67.6. The number of carbonyl (C=O) groups is 3. The highest BCUT2D eigenvalue weighted by Crippen LogP contribution is 2.18. The van der Waals surface area contributed by atoms with Crippen LogP contribution in [0.4, 0.5) is 0 Å². The molecule has 0 heterocycles. The first-order valence-corrected chi connectivity index (χ1v) is 35.9. The third-order valence-electron chi connectivity index (χ3n) is 15.9. The van der Waals surface area contributed by atoms with E-state index in [0.29, 0.717) is 19.3 Å². The fourth-order valence-corrected chi connectivity index (χ4v) is 10.5. The maximum atomic E-state index is 13.0. The molecule has 82 heavy (non-hydrogen) atoms. The molecule has 0 aliphatic carbocycles. The molecular formula is C76H136O6. The Morgan fingerprint density at radius 3 is 0.707 bits per heavy atom. The minimum atomic E-state index is -0.790. The van der Waals surface area contributed by atoms with Crippen LogP contribution in [-0.4, -0.2) is 37.2 Å². The van der Waals surface area contributed by atoms with E-state index in [4.69, 9.17) is 14.2 Å². The van der Waals surface area contributed by atoms with Crippen LogP contribution < -0.4 is 0 Å². The van der Waals surface area contributed by atoms with Crippen molar-refractivity contribution in [2.45, 2.75) is 380 Å². The number of hydrogen-bond donors (Lipinski definition) is 0. The van der Waals surface area contributed by atoms with Crippen LogP contribution in [0, 0.1) is 0 Å². The molecule has 1 unspecified atom stereocenters. The third-order valence-corrected chi connectivity index (χ3v) is 15.9. The Balaban J connectivity index is 4.37. The number of carbonyl (C=O) groups excluding carboxylic acids is 3. The second-order valence-electron chi connectivity index (χ2n) is 24.1. The second-order valence-corrected chi connectivity index (χ2v) is 24.1. The molecule has 0 rings (SSSR count). The average molecular weight is 1150 g/mol. The van der Waals surface area contributed by atoms with E-state index in [1.165, 1.54) is 231 Å². The van der Waals surface area contributed by atoms with Crippen LogP contribution in [0.25, 0.3) is 0 Å². The third kappa shape index (κ3) is 67.6. The highest BCUT2D eigenvalue weighted by atomic mass is 16.6. The molecule has 6 heteroatoms. The van der Waals surface area contributed by atoms with E-state index < -0.39 is 6.10 Å². The minimum absolute atomic E-state index is 0.0820. The summed E-state index contributed by atoms with van der Waals surface area (Å²) < 4.78 is 17.0. The molecule has 0 amide bonds. The molecule has 0 aromatic rings. The molecule has 0 aliphatic rings. The van der Waals surface area contributed by atoms with Crippen LogP contribution in [0.3, 0.4) is 0 Å². The zero-order chi connectivity index (χ0) is 59.2. The topological polar surface area (TPSA) is 78.9 Å². The van der Waals surface area contributed by atoms with Crippen LogP contribution in [0.2, 0.25) is 0 Å². The summed E-state index contributed by atoms with van der Waals surface area (Å²) in [7, 11) is 0. The summed E-state index contributed by atoms with van der Waals surface area (Å²) in [5.41, 5.74) is 0. The second kappa shape index (κ2) is 70.3. The molecule has 0 N–H and O–H groups in total. The summed E-state index contributed by atoms with van der Waals surface area (Å²) in [6, 6.07) is 0. The highest BCUT2D eigenvalue weighted by molar-refractivity contribution is 5.71.